The Morgan fingerprint density at radius 2 is 1.49 bits per heavy atom. The summed E-state index contributed by atoms with van der Waals surface area (Å²) >= 11 is 0. The summed E-state index contributed by atoms with van der Waals surface area (Å²) < 4.78 is 36.0. The van der Waals surface area contributed by atoms with Gasteiger partial charge < -0.3 is 19.7 Å². The number of aliphatic carboxylic acids is 1. The maximum atomic E-state index is 14.0. The van der Waals surface area contributed by atoms with Crippen LogP contribution in [0.4, 0.5) is 11.4 Å². The molecular formula is C41H40N2O7S. The van der Waals surface area contributed by atoms with Crippen molar-refractivity contribution < 1.29 is 37.3 Å². The van der Waals surface area contributed by atoms with Crippen molar-refractivity contribution in [3.8, 4) is 0 Å². The number of carbonyl (C=O) groups is 2. The standard InChI is InChI=1S/C41H40N2O7S/c1-40(2)33(42(20-9-10-22-51(48,49)50)31-17-15-25-11-5-7-13-27(25)36(31)40)23-29-38(46)30(39(29)47)24-34-41(3,4)37-28-14-8-6-12-26(28)16-18-32(37)43(34)21-19-35(44)45/h5-8,11-18,23-24H,9-10,19-22H2,1-4H3,(H2-,44,45,46,47,48,49,50). The molecule has 0 spiro atoms. The predicted octanol–water partition coefficient (Wildman–Crippen LogP) is 7.17. The number of fused-ring (bicyclic) bond motifs is 6. The van der Waals surface area contributed by atoms with Crippen molar-refractivity contribution in [1.82, 2.24) is 0 Å². The Labute approximate surface area is 297 Å². The molecule has 3 aliphatic rings. The number of allylic oxidation sites excluding steroid dienone is 5. The van der Waals surface area contributed by atoms with E-state index in [4.69, 9.17) is 0 Å². The molecule has 0 unspecified atom stereocenters. The highest BCUT2D eigenvalue weighted by Crippen LogP contribution is 2.52. The van der Waals surface area contributed by atoms with Gasteiger partial charge in [-0.05, 0) is 65.6 Å². The first-order chi connectivity index (χ1) is 24.1. The molecule has 0 saturated carbocycles. The van der Waals surface area contributed by atoms with Crippen LogP contribution in [0, 0.1) is 0 Å². The van der Waals surface area contributed by atoms with Crippen molar-refractivity contribution in [1.29, 1.82) is 0 Å². The third kappa shape index (κ3) is 5.76. The van der Waals surface area contributed by atoms with Crippen LogP contribution in [0.15, 0.2) is 108 Å². The Hall–Kier alpha value is -5.06. The molecule has 51 heavy (non-hydrogen) atoms. The van der Waals surface area contributed by atoms with Crippen LogP contribution < -0.4 is 4.90 Å². The predicted molar refractivity (Wildman–Crippen MR) is 198 cm³/mol. The molecule has 262 valence electrons. The van der Waals surface area contributed by atoms with Gasteiger partial charge in [-0.15, -0.1) is 0 Å². The molecule has 0 fully saturated rings. The number of Topliss-reactive ketones (excluding diaryl/α,β-unsaturated/α-hetero) is 1. The Balaban J connectivity index is 1.32. The van der Waals surface area contributed by atoms with Gasteiger partial charge in [0.25, 0.3) is 0 Å². The van der Waals surface area contributed by atoms with Gasteiger partial charge in [-0.25, -0.2) is 8.42 Å². The topological polar surface area (TPSA) is 138 Å². The van der Waals surface area contributed by atoms with Crippen LogP contribution in [0.2, 0.25) is 0 Å². The normalized spacial score (nSPS) is 19.4. The lowest BCUT2D eigenvalue weighted by Crippen LogP contribution is -2.32. The summed E-state index contributed by atoms with van der Waals surface area (Å²) in [6.45, 7) is 8.86. The second-order valence-electron chi connectivity index (χ2n) is 14.6. The number of benzene rings is 4. The van der Waals surface area contributed by atoms with Crippen LogP contribution in [0.5, 0.6) is 0 Å². The molecule has 0 saturated heterocycles. The molecule has 2 aliphatic heterocycles. The average molecular weight is 705 g/mol. The first kappa shape index (κ1) is 34.4. The first-order valence-corrected chi connectivity index (χ1v) is 18.7. The summed E-state index contributed by atoms with van der Waals surface area (Å²) in [4.78, 5) is 27.7. The fourth-order valence-corrected chi connectivity index (χ4v) is 8.77. The van der Waals surface area contributed by atoms with E-state index in [0.717, 1.165) is 55.5 Å². The molecule has 0 aromatic heterocycles. The van der Waals surface area contributed by atoms with Crippen molar-refractivity contribution >= 4 is 60.5 Å². The number of hydrogen-bond acceptors (Lipinski definition) is 7. The van der Waals surface area contributed by atoms with E-state index in [0.29, 0.717) is 13.0 Å². The molecule has 0 amide bonds. The van der Waals surface area contributed by atoms with Crippen molar-refractivity contribution in [2.45, 2.75) is 57.8 Å². The summed E-state index contributed by atoms with van der Waals surface area (Å²) in [6.07, 6.45) is 3.97. The molecule has 4 aromatic carbocycles. The molecule has 0 radical (unpaired) electrons. The first-order valence-electron chi connectivity index (χ1n) is 17.2. The van der Waals surface area contributed by atoms with Crippen molar-refractivity contribution in [3.05, 3.63) is 119 Å². The SMILES string of the molecule is CC1(C)C(=CC2=C(O)C(=CC3=[N+](CCCCS(=O)(=O)[O-])c4ccc5ccccc5c4C3(C)C)C2=O)N(CCC(=O)O)c2ccc3ccccc3c21. The zero-order valence-electron chi connectivity index (χ0n) is 29.1. The van der Waals surface area contributed by atoms with Gasteiger partial charge in [-0.1, -0.05) is 68.4 Å². The lowest BCUT2D eigenvalue weighted by molar-refractivity contribution is -0.438. The number of carbonyl (C=O) groups excluding carboxylic acids is 1. The monoisotopic (exact) mass is 704 g/mol. The van der Waals surface area contributed by atoms with E-state index in [1.165, 1.54) is 0 Å². The molecule has 7 rings (SSSR count). The van der Waals surface area contributed by atoms with E-state index < -0.39 is 32.7 Å². The Bertz CT molecular complexity index is 2410. The summed E-state index contributed by atoms with van der Waals surface area (Å²) in [7, 11) is -4.35. The van der Waals surface area contributed by atoms with Gasteiger partial charge in [0.2, 0.25) is 11.5 Å². The highest BCUT2D eigenvalue weighted by molar-refractivity contribution is 7.85. The number of aliphatic hydroxyl groups excluding tert-OH is 1. The van der Waals surface area contributed by atoms with E-state index in [1.807, 2.05) is 71.6 Å². The molecule has 4 aromatic rings. The lowest BCUT2D eigenvalue weighted by atomic mass is 9.76. The molecule has 0 bridgehead atoms. The van der Waals surface area contributed by atoms with Crippen molar-refractivity contribution in [2.24, 2.45) is 0 Å². The number of hydrogen-bond donors (Lipinski definition) is 2. The molecule has 2 heterocycles. The van der Waals surface area contributed by atoms with Gasteiger partial charge in [-0.3, -0.25) is 9.59 Å². The highest BCUT2D eigenvalue weighted by Gasteiger charge is 2.48. The fourth-order valence-electron chi connectivity index (χ4n) is 8.21. The van der Waals surface area contributed by atoms with Gasteiger partial charge in [0.1, 0.15) is 12.3 Å². The van der Waals surface area contributed by atoms with Crippen LogP contribution in [-0.4, -0.2) is 64.1 Å². The van der Waals surface area contributed by atoms with Gasteiger partial charge in [0.05, 0.1) is 33.1 Å². The van der Waals surface area contributed by atoms with Crippen LogP contribution in [0.25, 0.3) is 21.5 Å². The van der Waals surface area contributed by atoms with Gasteiger partial charge in [0, 0.05) is 53.2 Å². The number of carboxylic acids is 1. The molecule has 9 nitrogen and oxygen atoms in total. The number of carboxylic acid groups (broad SMARTS) is 1. The number of unbranched alkanes of at least 4 members (excludes halogenated alkanes) is 1. The van der Waals surface area contributed by atoms with E-state index in [-0.39, 0.29) is 42.1 Å². The minimum absolute atomic E-state index is 0.108. The summed E-state index contributed by atoms with van der Waals surface area (Å²) in [6, 6.07) is 24.2. The third-order valence-corrected chi connectivity index (χ3v) is 11.4. The maximum Gasteiger partial charge on any atom is 0.305 e. The molecule has 2 N–H and O–H groups in total. The van der Waals surface area contributed by atoms with Crippen LogP contribution in [-0.2, 0) is 30.5 Å². The Morgan fingerprint density at radius 1 is 0.863 bits per heavy atom. The Kier molecular flexibility index (Phi) is 8.30. The largest absolute Gasteiger partial charge is 0.748 e. The molecule has 0 atom stereocenters. The number of anilines is 1. The summed E-state index contributed by atoms with van der Waals surface area (Å²) in [5.41, 5.74) is 4.55. The van der Waals surface area contributed by atoms with Crippen molar-refractivity contribution in [2.75, 3.05) is 23.7 Å². The average Bonchev–Trinajstić information content (AvgIpc) is 3.44. The van der Waals surface area contributed by atoms with E-state index in [9.17, 15) is 32.8 Å². The summed E-state index contributed by atoms with van der Waals surface area (Å²) in [5, 5.41) is 25.4. The van der Waals surface area contributed by atoms with Crippen LogP contribution in [0.1, 0.15) is 58.1 Å². The van der Waals surface area contributed by atoms with Gasteiger partial charge in [0.15, 0.2) is 5.71 Å². The number of rotatable bonds is 10. The molecule has 1 aliphatic carbocycles. The van der Waals surface area contributed by atoms with E-state index in [2.05, 4.69) is 38.3 Å². The highest BCUT2D eigenvalue weighted by atomic mass is 32.2. The van der Waals surface area contributed by atoms with Crippen LogP contribution in [0.3, 0.4) is 0 Å². The molecule has 10 heteroatoms. The number of nitrogens with zero attached hydrogens (tertiary/aromatic N) is 2. The van der Waals surface area contributed by atoms with E-state index in [1.54, 1.807) is 12.2 Å². The third-order valence-electron chi connectivity index (χ3n) is 10.6. The fraction of sp³-hybridized carbons (Fsp3) is 0.293. The quantitative estimate of drug-likeness (QED) is 0.0767. The minimum atomic E-state index is -4.35. The zero-order valence-corrected chi connectivity index (χ0v) is 29.9. The lowest BCUT2D eigenvalue weighted by Gasteiger charge is -2.29. The van der Waals surface area contributed by atoms with Gasteiger partial charge >= 0.3 is 5.97 Å². The zero-order chi connectivity index (χ0) is 36.5. The van der Waals surface area contributed by atoms with E-state index >= 15 is 0 Å². The summed E-state index contributed by atoms with van der Waals surface area (Å²) in [5.74, 6) is -1.84. The number of aliphatic hydroxyl groups is 1. The van der Waals surface area contributed by atoms with Crippen LogP contribution >= 0.6 is 0 Å². The molecular weight excluding hydrogens is 665 g/mol. The second-order valence-corrected chi connectivity index (χ2v) is 16.1. The minimum Gasteiger partial charge on any atom is -0.748 e. The number of ketones is 1. The van der Waals surface area contributed by atoms with Gasteiger partial charge in [-0.2, -0.15) is 4.58 Å². The van der Waals surface area contributed by atoms with Crippen molar-refractivity contribution in [3.63, 3.8) is 0 Å². The maximum absolute atomic E-state index is 14.0. The smallest absolute Gasteiger partial charge is 0.305 e. The second kappa shape index (κ2) is 12.3. The Morgan fingerprint density at radius 3 is 2.12 bits per heavy atom.